The van der Waals surface area contributed by atoms with Crippen molar-refractivity contribution in [1.29, 1.82) is 0 Å². The van der Waals surface area contributed by atoms with E-state index in [0.717, 1.165) is 18.5 Å². The van der Waals surface area contributed by atoms with Gasteiger partial charge >= 0.3 is 5.56 Å². The molecular weight excluding hydrogens is 624 g/mol. The van der Waals surface area contributed by atoms with Crippen LogP contribution < -0.4 is 15.2 Å². The van der Waals surface area contributed by atoms with Crippen LogP contribution in [0.25, 0.3) is 11.4 Å². The average Bonchev–Trinajstić information content (AvgIpc) is 3.61. The van der Waals surface area contributed by atoms with Crippen LogP contribution in [-0.2, 0) is 28.6 Å². The number of aromatic nitrogens is 4. The molecule has 0 spiro atoms. The standard InChI is InChI=1S/C34H33ClN6O4S/c35-28-6-3-7-30(21-28)41-34(42)33(45-31-13-10-26-4-1-2-5-27(26)20-31)32(22-37-41)38-16-18-40(19-17-38)46(43,44)23-25-8-11-29(12-9-25)39-15-14-36-24-39/h1-9,11-12,14-15,21-22,24,31H,10,13,16-20,23H2. The Morgan fingerprint density at radius 3 is 2.43 bits per heavy atom. The summed E-state index contributed by atoms with van der Waals surface area (Å²) in [6, 6.07) is 22.7. The predicted molar refractivity (Wildman–Crippen MR) is 178 cm³/mol. The number of hydrogen-bond donors (Lipinski definition) is 0. The van der Waals surface area contributed by atoms with Gasteiger partial charge in [-0.2, -0.15) is 14.1 Å². The van der Waals surface area contributed by atoms with E-state index in [1.54, 1.807) is 43.0 Å². The Balaban J connectivity index is 1.10. The molecule has 0 radical (unpaired) electrons. The molecule has 1 unspecified atom stereocenters. The number of ether oxygens (including phenoxy) is 1. The van der Waals surface area contributed by atoms with E-state index >= 15 is 0 Å². The molecular formula is C34H33ClN6O4S. The van der Waals surface area contributed by atoms with Crippen LogP contribution in [0.4, 0.5) is 5.69 Å². The van der Waals surface area contributed by atoms with Crippen LogP contribution in [0.15, 0.2) is 103 Å². The van der Waals surface area contributed by atoms with Gasteiger partial charge in [-0.05, 0) is 59.9 Å². The van der Waals surface area contributed by atoms with Crippen molar-refractivity contribution in [2.24, 2.45) is 0 Å². The smallest absolute Gasteiger partial charge is 0.316 e. The van der Waals surface area contributed by atoms with Crippen LogP contribution in [0, 0.1) is 0 Å². The number of imidazole rings is 1. The van der Waals surface area contributed by atoms with E-state index in [9.17, 15) is 13.2 Å². The minimum absolute atomic E-state index is 0.0913. The summed E-state index contributed by atoms with van der Waals surface area (Å²) in [6.45, 7) is 1.35. The molecule has 1 aliphatic carbocycles. The van der Waals surface area contributed by atoms with Crippen molar-refractivity contribution >= 4 is 27.3 Å². The number of benzene rings is 3. The monoisotopic (exact) mass is 656 g/mol. The molecule has 5 aromatic rings. The van der Waals surface area contributed by atoms with Crippen molar-refractivity contribution in [3.05, 3.63) is 130 Å². The molecule has 1 fully saturated rings. The summed E-state index contributed by atoms with van der Waals surface area (Å²) in [5.74, 6) is 0.125. The highest BCUT2D eigenvalue weighted by Gasteiger charge is 2.31. The van der Waals surface area contributed by atoms with E-state index in [0.29, 0.717) is 41.5 Å². The summed E-state index contributed by atoms with van der Waals surface area (Å²) in [4.78, 5) is 20.0. The lowest BCUT2D eigenvalue weighted by Gasteiger charge is -2.36. The Kier molecular flexibility index (Phi) is 8.37. The van der Waals surface area contributed by atoms with E-state index in [-0.39, 0.29) is 36.3 Å². The Bertz CT molecular complexity index is 2010. The Morgan fingerprint density at radius 2 is 1.70 bits per heavy atom. The molecule has 12 heteroatoms. The Morgan fingerprint density at radius 1 is 0.913 bits per heavy atom. The summed E-state index contributed by atoms with van der Waals surface area (Å²) in [6.07, 6.45) is 9.04. The first-order chi connectivity index (χ1) is 22.3. The SMILES string of the molecule is O=c1c(OC2CCc3ccccc3C2)c(N2CCN(S(=O)(=O)Cc3ccc(-n4ccnc4)cc3)CC2)cnn1-c1cccc(Cl)c1. The van der Waals surface area contributed by atoms with E-state index in [1.165, 1.54) is 20.1 Å². The van der Waals surface area contributed by atoms with E-state index < -0.39 is 10.0 Å². The number of hydrogen-bond acceptors (Lipinski definition) is 7. The lowest BCUT2D eigenvalue weighted by Crippen LogP contribution is -2.49. The molecule has 0 amide bonds. The maximum Gasteiger partial charge on any atom is 0.316 e. The number of halogens is 1. The summed E-state index contributed by atoms with van der Waals surface area (Å²) >= 11 is 6.23. The molecule has 0 N–H and O–H groups in total. The maximum atomic E-state index is 14.0. The molecule has 3 aromatic carbocycles. The van der Waals surface area contributed by atoms with Gasteiger partial charge in [0.2, 0.25) is 15.8 Å². The van der Waals surface area contributed by atoms with Gasteiger partial charge in [-0.15, -0.1) is 0 Å². The summed E-state index contributed by atoms with van der Waals surface area (Å²) in [7, 11) is -3.56. The number of rotatable bonds is 8. The fourth-order valence-electron chi connectivity index (χ4n) is 6.17. The molecule has 0 saturated carbocycles. The second kappa shape index (κ2) is 12.7. The largest absolute Gasteiger partial charge is 0.483 e. The molecule has 7 rings (SSSR count). The molecule has 2 aromatic heterocycles. The average molecular weight is 657 g/mol. The first kappa shape index (κ1) is 30.2. The van der Waals surface area contributed by atoms with Gasteiger partial charge < -0.3 is 14.2 Å². The van der Waals surface area contributed by atoms with Crippen LogP contribution in [0.1, 0.15) is 23.1 Å². The fourth-order valence-corrected chi connectivity index (χ4v) is 7.87. The summed E-state index contributed by atoms with van der Waals surface area (Å²) < 4.78 is 38.1. The van der Waals surface area contributed by atoms with Crippen molar-refractivity contribution in [2.75, 3.05) is 31.1 Å². The number of nitrogens with zero attached hydrogens (tertiary/aromatic N) is 6. The van der Waals surface area contributed by atoms with E-state index in [1.807, 2.05) is 52.1 Å². The van der Waals surface area contributed by atoms with Crippen molar-refractivity contribution in [2.45, 2.75) is 31.1 Å². The number of piperazine rings is 1. The number of anilines is 1. The van der Waals surface area contributed by atoms with E-state index in [2.05, 4.69) is 22.2 Å². The van der Waals surface area contributed by atoms with Gasteiger partial charge in [-0.1, -0.05) is 54.1 Å². The number of fused-ring (bicyclic) bond motifs is 1. The lowest BCUT2D eigenvalue weighted by molar-refractivity contribution is 0.181. The van der Waals surface area contributed by atoms with Gasteiger partial charge in [0.05, 0.1) is 24.0 Å². The molecule has 1 saturated heterocycles. The molecule has 236 valence electrons. The van der Waals surface area contributed by atoms with Gasteiger partial charge in [0.25, 0.3) is 0 Å². The molecule has 10 nitrogen and oxygen atoms in total. The van der Waals surface area contributed by atoms with Crippen LogP contribution in [0.5, 0.6) is 5.75 Å². The predicted octanol–water partition coefficient (Wildman–Crippen LogP) is 4.66. The van der Waals surface area contributed by atoms with Crippen molar-refractivity contribution in [1.82, 2.24) is 23.6 Å². The van der Waals surface area contributed by atoms with Crippen LogP contribution in [-0.4, -0.2) is 64.3 Å². The van der Waals surface area contributed by atoms with Gasteiger partial charge in [0.1, 0.15) is 11.8 Å². The van der Waals surface area contributed by atoms with Gasteiger partial charge in [-0.3, -0.25) is 4.79 Å². The van der Waals surface area contributed by atoms with Crippen LogP contribution in [0.3, 0.4) is 0 Å². The zero-order chi connectivity index (χ0) is 31.7. The molecule has 46 heavy (non-hydrogen) atoms. The Hall–Kier alpha value is -4.45. The van der Waals surface area contributed by atoms with Crippen molar-refractivity contribution in [3.63, 3.8) is 0 Å². The number of sulfonamides is 1. The lowest BCUT2D eigenvalue weighted by atomic mass is 9.90. The summed E-state index contributed by atoms with van der Waals surface area (Å²) in [5.41, 5.74) is 4.87. The van der Waals surface area contributed by atoms with Gasteiger partial charge in [-0.25, -0.2) is 13.4 Å². The van der Waals surface area contributed by atoms with Crippen LogP contribution in [0.2, 0.25) is 5.02 Å². The summed E-state index contributed by atoms with van der Waals surface area (Å²) in [5, 5.41) is 4.98. The minimum Gasteiger partial charge on any atom is -0.483 e. The maximum absolute atomic E-state index is 14.0. The molecule has 1 aliphatic heterocycles. The molecule has 3 heterocycles. The number of aryl methyl sites for hydroxylation is 1. The fraction of sp³-hybridized carbons (Fsp3) is 0.265. The zero-order valence-electron chi connectivity index (χ0n) is 25.1. The zero-order valence-corrected chi connectivity index (χ0v) is 26.6. The van der Waals surface area contributed by atoms with Gasteiger partial charge in [0.15, 0.2) is 0 Å². The van der Waals surface area contributed by atoms with Crippen molar-refractivity contribution in [3.8, 4) is 17.1 Å². The first-order valence-corrected chi connectivity index (χ1v) is 17.2. The highest BCUT2D eigenvalue weighted by atomic mass is 35.5. The third kappa shape index (κ3) is 6.31. The Labute approximate surface area is 272 Å². The first-order valence-electron chi connectivity index (χ1n) is 15.3. The highest BCUT2D eigenvalue weighted by Crippen LogP contribution is 2.31. The molecule has 0 bridgehead atoms. The minimum atomic E-state index is -3.56. The van der Waals surface area contributed by atoms with E-state index in [4.69, 9.17) is 16.3 Å². The molecule has 2 aliphatic rings. The second-order valence-electron chi connectivity index (χ2n) is 11.6. The third-order valence-corrected chi connectivity index (χ3v) is 10.7. The van der Waals surface area contributed by atoms with Crippen LogP contribution >= 0.6 is 11.6 Å². The topological polar surface area (TPSA) is 103 Å². The third-order valence-electron chi connectivity index (χ3n) is 8.61. The quantitative estimate of drug-likeness (QED) is 0.239. The van der Waals surface area contributed by atoms with Gasteiger partial charge in [0, 0.05) is 55.7 Å². The molecule has 1 atom stereocenters. The highest BCUT2D eigenvalue weighted by molar-refractivity contribution is 7.88. The normalized spacial score (nSPS) is 17.1. The second-order valence-corrected chi connectivity index (χ2v) is 14.0. The van der Waals surface area contributed by atoms with Crippen molar-refractivity contribution < 1.29 is 13.2 Å².